The predicted octanol–water partition coefficient (Wildman–Crippen LogP) is 3.14. The second kappa shape index (κ2) is 11.7. The molecule has 0 saturated heterocycles. The summed E-state index contributed by atoms with van der Waals surface area (Å²) in [6.45, 7) is 10.9. The molecule has 0 rings (SSSR count). The topological polar surface area (TPSA) is 21.3 Å². The molecule has 0 radical (unpaired) electrons. The van der Waals surface area contributed by atoms with Crippen LogP contribution >= 0.6 is 0 Å². The lowest BCUT2D eigenvalue weighted by Crippen LogP contribution is -2.34. The molecule has 0 aliphatic rings. The lowest BCUT2D eigenvalue weighted by Gasteiger charge is -2.18. The van der Waals surface area contributed by atoms with E-state index in [9.17, 15) is 0 Å². The highest BCUT2D eigenvalue weighted by atomic mass is 16.5. The highest BCUT2D eigenvalue weighted by Gasteiger charge is 2.06. The van der Waals surface area contributed by atoms with Crippen molar-refractivity contribution < 1.29 is 4.74 Å². The molecule has 2 heteroatoms. The van der Waals surface area contributed by atoms with Crippen LogP contribution in [-0.2, 0) is 4.74 Å². The summed E-state index contributed by atoms with van der Waals surface area (Å²) >= 11 is 0. The summed E-state index contributed by atoms with van der Waals surface area (Å²) in [7, 11) is 0. The number of ether oxygens (including phenoxy) is 1. The largest absolute Gasteiger partial charge is 0.380 e. The van der Waals surface area contributed by atoms with Crippen LogP contribution in [0.15, 0.2) is 12.7 Å². The lowest BCUT2D eigenvalue weighted by molar-refractivity contribution is 0.109. The molecule has 0 aromatic carbocycles. The van der Waals surface area contributed by atoms with E-state index in [2.05, 4.69) is 25.7 Å². The molecule has 0 fully saturated rings. The van der Waals surface area contributed by atoms with E-state index >= 15 is 0 Å². The van der Waals surface area contributed by atoms with Gasteiger partial charge in [-0.2, -0.15) is 0 Å². The zero-order valence-electron chi connectivity index (χ0n) is 10.4. The van der Waals surface area contributed by atoms with Crippen LogP contribution in [0.5, 0.6) is 0 Å². The summed E-state index contributed by atoms with van der Waals surface area (Å²) in [6, 6.07) is 0.524. The Morgan fingerprint density at radius 3 is 2.73 bits per heavy atom. The first kappa shape index (κ1) is 14.7. The van der Waals surface area contributed by atoms with Crippen molar-refractivity contribution in [2.75, 3.05) is 19.8 Å². The molecular weight excluding hydrogens is 186 g/mol. The monoisotopic (exact) mass is 213 g/mol. The van der Waals surface area contributed by atoms with Gasteiger partial charge in [0, 0.05) is 12.6 Å². The van der Waals surface area contributed by atoms with Crippen LogP contribution in [0.1, 0.15) is 46.0 Å². The second-order valence-electron chi connectivity index (χ2n) is 3.95. The van der Waals surface area contributed by atoms with E-state index < -0.39 is 0 Å². The molecule has 0 amide bonds. The first-order valence-corrected chi connectivity index (χ1v) is 6.27. The first-order valence-electron chi connectivity index (χ1n) is 6.27. The van der Waals surface area contributed by atoms with Crippen LogP contribution in [-0.4, -0.2) is 25.8 Å². The third-order valence-corrected chi connectivity index (χ3v) is 2.31. The Hall–Kier alpha value is -0.340. The summed E-state index contributed by atoms with van der Waals surface area (Å²) in [5, 5.41) is 3.53. The van der Waals surface area contributed by atoms with E-state index in [1.54, 1.807) is 0 Å². The fraction of sp³-hybridized carbons (Fsp3) is 0.846. The minimum absolute atomic E-state index is 0.524. The molecule has 1 N–H and O–H groups in total. The average Bonchev–Trinajstić information content (AvgIpc) is 2.25. The summed E-state index contributed by atoms with van der Waals surface area (Å²) < 4.78 is 5.58. The fourth-order valence-electron chi connectivity index (χ4n) is 1.47. The number of unbranched alkanes of at least 4 members (excludes halogenated alkanes) is 1. The Morgan fingerprint density at radius 1 is 1.33 bits per heavy atom. The maximum absolute atomic E-state index is 5.58. The van der Waals surface area contributed by atoms with Crippen molar-refractivity contribution in [1.29, 1.82) is 0 Å². The van der Waals surface area contributed by atoms with E-state index in [1.807, 2.05) is 6.08 Å². The van der Waals surface area contributed by atoms with Crippen molar-refractivity contribution in [3.05, 3.63) is 12.7 Å². The molecule has 0 saturated carbocycles. The third kappa shape index (κ3) is 9.95. The smallest absolute Gasteiger partial charge is 0.0619 e. The van der Waals surface area contributed by atoms with E-state index in [1.165, 1.54) is 19.3 Å². The zero-order chi connectivity index (χ0) is 11.4. The molecule has 15 heavy (non-hydrogen) atoms. The summed E-state index contributed by atoms with van der Waals surface area (Å²) in [5.74, 6) is 0. The van der Waals surface area contributed by atoms with Crippen LogP contribution in [0.4, 0.5) is 0 Å². The highest BCUT2D eigenvalue weighted by Crippen LogP contribution is 2.02. The molecule has 0 aromatic rings. The third-order valence-electron chi connectivity index (χ3n) is 2.31. The van der Waals surface area contributed by atoms with Gasteiger partial charge in [0.2, 0.25) is 0 Å². The van der Waals surface area contributed by atoms with Gasteiger partial charge in [-0.1, -0.05) is 19.9 Å². The average molecular weight is 213 g/mol. The van der Waals surface area contributed by atoms with Gasteiger partial charge in [-0.25, -0.2) is 0 Å². The Morgan fingerprint density at radius 2 is 2.13 bits per heavy atom. The van der Waals surface area contributed by atoms with Gasteiger partial charge in [-0.15, -0.1) is 6.58 Å². The summed E-state index contributed by atoms with van der Waals surface area (Å²) in [5.41, 5.74) is 0. The molecule has 90 valence electrons. The molecule has 2 nitrogen and oxygen atoms in total. The van der Waals surface area contributed by atoms with Gasteiger partial charge in [0.05, 0.1) is 6.61 Å². The predicted molar refractivity (Wildman–Crippen MR) is 67.2 cm³/mol. The normalized spacial score (nSPS) is 12.7. The SMILES string of the molecule is C=CCCCC(COCCC)NCCC. The molecule has 0 aliphatic heterocycles. The number of hydrogen-bond acceptors (Lipinski definition) is 2. The Labute approximate surface area is 95.1 Å². The maximum Gasteiger partial charge on any atom is 0.0619 e. The van der Waals surface area contributed by atoms with Crippen molar-refractivity contribution in [2.45, 2.75) is 52.0 Å². The van der Waals surface area contributed by atoms with Gasteiger partial charge < -0.3 is 10.1 Å². The maximum atomic E-state index is 5.58. The second-order valence-corrected chi connectivity index (χ2v) is 3.95. The molecule has 0 aliphatic carbocycles. The van der Waals surface area contributed by atoms with Gasteiger partial charge >= 0.3 is 0 Å². The van der Waals surface area contributed by atoms with Crippen LogP contribution in [0.3, 0.4) is 0 Å². The van der Waals surface area contributed by atoms with Gasteiger partial charge in [0.1, 0.15) is 0 Å². The van der Waals surface area contributed by atoms with E-state index in [4.69, 9.17) is 4.74 Å². The molecule has 1 unspecified atom stereocenters. The van der Waals surface area contributed by atoms with Crippen LogP contribution in [0.25, 0.3) is 0 Å². The standard InChI is InChI=1S/C13H27NO/c1-4-7-8-9-13(14-10-5-2)12-15-11-6-3/h4,13-14H,1,5-12H2,2-3H3. The minimum Gasteiger partial charge on any atom is -0.380 e. The molecule has 1 atom stereocenters. The van der Waals surface area contributed by atoms with Crippen molar-refractivity contribution in [2.24, 2.45) is 0 Å². The quantitative estimate of drug-likeness (QED) is 0.420. The summed E-state index contributed by atoms with van der Waals surface area (Å²) in [6.07, 6.45) is 7.79. The Kier molecular flexibility index (Phi) is 11.5. The first-order chi connectivity index (χ1) is 7.35. The van der Waals surface area contributed by atoms with Crippen molar-refractivity contribution in [1.82, 2.24) is 5.32 Å². The number of allylic oxidation sites excluding steroid dienone is 1. The van der Waals surface area contributed by atoms with Gasteiger partial charge in [0.25, 0.3) is 0 Å². The molecule has 0 heterocycles. The Bertz CT molecular complexity index is 136. The van der Waals surface area contributed by atoms with Crippen LogP contribution in [0, 0.1) is 0 Å². The highest BCUT2D eigenvalue weighted by molar-refractivity contribution is 4.71. The molecule has 0 aromatic heterocycles. The van der Waals surface area contributed by atoms with Crippen molar-refractivity contribution in [3.63, 3.8) is 0 Å². The molecular formula is C13H27NO. The van der Waals surface area contributed by atoms with Gasteiger partial charge in [-0.05, 0) is 38.6 Å². The van der Waals surface area contributed by atoms with Gasteiger partial charge in [0.15, 0.2) is 0 Å². The zero-order valence-corrected chi connectivity index (χ0v) is 10.4. The minimum atomic E-state index is 0.524. The number of rotatable bonds is 11. The lowest BCUT2D eigenvalue weighted by atomic mass is 10.1. The Balaban J connectivity index is 3.57. The van der Waals surface area contributed by atoms with Crippen LogP contribution < -0.4 is 5.32 Å². The van der Waals surface area contributed by atoms with E-state index in [0.717, 1.165) is 32.6 Å². The van der Waals surface area contributed by atoms with Crippen molar-refractivity contribution >= 4 is 0 Å². The van der Waals surface area contributed by atoms with Crippen LogP contribution in [0.2, 0.25) is 0 Å². The van der Waals surface area contributed by atoms with Crippen molar-refractivity contribution in [3.8, 4) is 0 Å². The summed E-state index contributed by atoms with van der Waals surface area (Å²) in [4.78, 5) is 0. The van der Waals surface area contributed by atoms with E-state index in [-0.39, 0.29) is 0 Å². The number of hydrogen-bond donors (Lipinski definition) is 1. The van der Waals surface area contributed by atoms with Gasteiger partial charge in [-0.3, -0.25) is 0 Å². The fourth-order valence-corrected chi connectivity index (χ4v) is 1.47. The number of nitrogens with one attached hydrogen (secondary N) is 1. The van der Waals surface area contributed by atoms with E-state index in [0.29, 0.717) is 6.04 Å². The molecule has 0 spiro atoms. The molecule has 0 bridgehead atoms.